The fourth-order valence-electron chi connectivity index (χ4n) is 3.24. The molecule has 3 rings (SSSR count). The van der Waals surface area contributed by atoms with Gasteiger partial charge in [-0.15, -0.1) is 0 Å². The molecule has 0 bridgehead atoms. The fourth-order valence-corrected chi connectivity index (χ4v) is 3.24. The zero-order valence-corrected chi connectivity index (χ0v) is 15.2. The molecule has 0 amide bonds. The Balaban J connectivity index is 1.95. The van der Waals surface area contributed by atoms with Crippen LogP contribution in [0.3, 0.4) is 0 Å². The van der Waals surface area contributed by atoms with Crippen molar-refractivity contribution in [3.63, 3.8) is 0 Å². The number of nitrogens with zero attached hydrogens (tertiary/aromatic N) is 3. The normalized spacial score (nSPS) is 12.2. The lowest BCUT2D eigenvalue weighted by atomic mass is 10.1. The molecule has 2 aromatic heterocycles. The zero-order chi connectivity index (χ0) is 19.6. The Morgan fingerprint density at radius 2 is 1.89 bits per heavy atom. The maximum atomic E-state index is 12.6. The van der Waals surface area contributed by atoms with E-state index in [1.165, 1.54) is 18.3 Å². The van der Waals surface area contributed by atoms with Crippen molar-refractivity contribution in [3.05, 3.63) is 57.8 Å². The van der Waals surface area contributed by atoms with E-state index >= 15 is 0 Å². The van der Waals surface area contributed by atoms with Crippen LogP contribution in [0.1, 0.15) is 49.7 Å². The van der Waals surface area contributed by atoms with Crippen molar-refractivity contribution < 1.29 is 13.2 Å². The van der Waals surface area contributed by atoms with Crippen LogP contribution in [0, 0.1) is 0 Å². The van der Waals surface area contributed by atoms with Crippen molar-refractivity contribution in [1.29, 1.82) is 0 Å². The van der Waals surface area contributed by atoms with Crippen molar-refractivity contribution in [3.8, 4) is 0 Å². The van der Waals surface area contributed by atoms with E-state index in [0.717, 1.165) is 12.8 Å². The van der Waals surface area contributed by atoms with Crippen LogP contribution in [0.25, 0.3) is 11.0 Å². The zero-order valence-electron chi connectivity index (χ0n) is 15.2. The second kappa shape index (κ2) is 7.54. The molecule has 2 heterocycles. The largest absolute Gasteiger partial charge is 0.393 e. The molecule has 0 aliphatic rings. The van der Waals surface area contributed by atoms with Crippen LogP contribution in [0.15, 0.2) is 35.3 Å². The third-order valence-corrected chi connectivity index (χ3v) is 4.57. The molecule has 3 aromatic rings. The van der Waals surface area contributed by atoms with Gasteiger partial charge in [0.15, 0.2) is 5.65 Å². The van der Waals surface area contributed by atoms with Crippen LogP contribution in [-0.2, 0) is 12.8 Å². The van der Waals surface area contributed by atoms with E-state index in [9.17, 15) is 18.0 Å². The topological polar surface area (TPSA) is 63.6 Å². The molecule has 0 fully saturated rings. The molecule has 0 atom stereocenters. The molecule has 0 aliphatic carbocycles. The summed E-state index contributed by atoms with van der Waals surface area (Å²) in [5, 5.41) is 4.72. The average Bonchev–Trinajstić information content (AvgIpc) is 2.99. The molecule has 1 N–H and O–H groups in total. The van der Waals surface area contributed by atoms with Gasteiger partial charge >= 0.3 is 6.18 Å². The van der Waals surface area contributed by atoms with Crippen LogP contribution >= 0.6 is 0 Å². The summed E-state index contributed by atoms with van der Waals surface area (Å²) in [5.41, 5.74) is 1.06. The Bertz CT molecular complexity index is 987. The molecule has 1 aromatic carbocycles. The molecular weight excluding hydrogens is 357 g/mol. The third-order valence-electron chi connectivity index (χ3n) is 4.57. The van der Waals surface area contributed by atoms with Crippen LogP contribution < -0.4 is 5.56 Å². The molecular formula is C19H21F3N4O. The number of nitrogens with one attached hydrogen (secondary N) is 1. The summed E-state index contributed by atoms with van der Waals surface area (Å²) in [5.74, 6) is 0.407. The summed E-state index contributed by atoms with van der Waals surface area (Å²) < 4.78 is 39.6. The van der Waals surface area contributed by atoms with Gasteiger partial charge in [0, 0.05) is 6.42 Å². The number of benzene rings is 1. The second-order valence-corrected chi connectivity index (χ2v) is 6.60. The first kappa shape index (κ1) is 19.1. The average molecular weight is 378 g/mol. The van der Waals surface area contributed by atoms with E-state index in [0.29, 0.717) is 22.4 Å². The molecule has 0 aliphatic heterocycles. The number of H-pyrrole nitrogens is 1. The first-order valence-corrected chi connectivity index (χ1v) is 8.91. The number of aromatic amines is 1. The van der Waals surface area contributed by atoms with Crippen LogP contribution in [0.4, 0.5) is 13.2 Å². The van der Waals surface area contributed by atoms with Crippen molar-refractivity contribution in [2.45, 2.75) is 51.7 Å². The number of hydrogen-bond acceptors (Lipinski definition) is 3. The molecule has 0 saturated heterocycles. The van der Waals surface area contributed by atoms with Crippen LogP contribution in [0.2, 0.25) is 0 Å². The van der Waals surface area contributed by atoms with Gasteiger partial charge in [-0.3, -0.25) is 4.79 Å². The SMILES string of the molecule is CCC(CC)n1ncc2c(=O)[nH]c(Cc3cccc(CC(F)(F)F)c3)nc21. The highest BCUT2D eigenvalue weighted by Crippen LogP contribution is 2.23. The van der Waals surface area contributed by atoms with Gasteiger partial charge in [0.05, 0.1) is 18.7 Å². The molecule has 0 radical (unpaired) electrons. The minimum absolute atomic E-state index is 0.139. The summed E-state index contributed by atoms with van der Waals surface area (Å²) >= 11 is 0. The lowest BCUT2D eigenvalue weighted by Gasteiger charge is -2.14. The summed E-state index contributed by atoms with van der Waals surface area (Å²) in [6, 6.07) is 6.39. The Labute approximate surface area is 154 Å². The number of halogens is 3. The standard InChI is InChI=1S/C19H21F3N4O/c1-3-14(4-2)26-17-15(11-23-26)18(27)25-16(24-17)9-12-6-5-7-13(8-12)10-19(20,21)22/h5-8,11,14H,3-4,9-10H2,1-2H3,(H,24,25,27). The highest BCUT2D eigenvalue weighted by Gasteiger charge is 2.27. The minimum Gasteiger partial charge on any atom is -0.310 e. The van der Waals surface area contributed by atoms with Crippen molar-refractivity contribution >= 4 is 11.0 Å². The van der Waals surface area contributed by atoms with Crippen LogP contribution in [-0.4, -0.2) is 25.9 Å². The second-order valence-electron chi connectivity index (χ2n) is 6.60. The number of rotatable bonds is 6. The summed E-state index contributed by atoms with van der Waals surface area (Å²) in [7, 11) is 0. The molecule has 0 spiro atoms. The van der Waals surface area contributed by atoms with Gasteiger partial charge in [-0.25, -0.2) is 9.67 Å². The Hall–Kier alpha value is -2.64. The molecule has 144 valence electrons. The molecule has 5 nitrogen and oxygen atoms in total. The van der Waals surface area contributed by atoms with Gasteiger partial charge in [-0.2, -0.15) is 18.3 Å². The van der Waals surface area contributed by atoms with Gasteiger partial charge in [0.2, 0.25) is 0 Å². The lowest BCUT2D eigenvalue weighted by Crippen LogP contribution is -2.15. The van der Waals surface area contributed by atoms with E-state index in [1.807, 2.05) is 13.8 Å². The maximum Gasteiger partial charge on any atom is 0.393 e. The maximum absolute atomic E-state index is 12.6. The Kier molecular flexibility index (Phi) is 5.34. The summed E-state index contributed by atoms with van der Waals surface area (Å²) in [4.78, 5) is 19.6. The Morgan fingerprint density at radius 1 is 1.19 bits per heavy atom. The molecule has 0 unspecified atom stereocenters. The van der Waals surface area contributed by atoms with Crippen LogP contribution in [0.5, 0.6) is 0 Å². The first-order chi connectivity index (χ1) is 12.8. The van der Waals surface area contributed by atoms with E-state index in [1.54, 1.807) is 16.8 Å². The monoisotopic (exact) mass is 378 g/mol. The van der Waals surface area contributed by atoms with Crippen molar-refractivity contribution in [2.75, 3.05) is 0 Å². The quantitative estimate of drug-likeness (QED) is 0.700. The van der Waals surface area contributed by atoms with Crippen molar-refractivity contribution in [2.24, 2.45) is 0 Å². The summed E-state index contributed by atoms with van der Waals surface area (Å²) in [6.45, 7) is 4.09. The van der Waals surface area contributed by atoms with Gasteiger partial charge in [0.25, 0.3) is 5.56 Å². The molecule has 27 heavy (non-hydrogen) atoms. The third kappa shape index (κ3) is 4.37. The highest BCUT2D eigenvalue weighted by atomic mass is 19.4. The van der Waals surface area contributed by atoms with Gasteiger partial charge in [-0.1, -0.05) is 38.1 Å². The number of alkyl halides is 3. The predicted octanol–water partition coefficient (Wildman–Crippen LogP) is 4.18. The van der Waals surface area contributed by atoms with Gasteiger partial charge in [-0.05, 0) is 24.0 Å². The lowest BCUT2D eigenvalue weighted by molar-refractivity contribution is -0.127. The van der Waals surface area contributed by atoms with Gasteiger partial charge < -0.3 is 4.98 Å². The molecule has 8 heteroatoms. The summed E-state index contributed by atoms with van der Waals surface area (Å²) in [6.07, 6.45) is -1.78. The van der Waals surface area contributed by atoms with E-state index in [-0.39, 0.29) is 23.6 Å². The number of fused-ring (bicyclic) bond motifs is 1. The highest BCUT2D eigenvalue weighted by molar-refractivity contribution is 5.73. The number of hydrogen-bond donors (Lipinski definition) is 1. The Morgan fingerprint density at radius 3 is 2.56 bits per heavy atom. The van der Waals surface area contributed by atoms with Gasteiger partial charge in [0.1, 0.15) is 11.2 Å². The predicted molar refractivity (Wildman–Crippen MR) is 96.8 cm³/mol. The smallest absolute Gasteiger partial charge is 0.310 e. The van der Waals surface area contributed by atoms with E-state index in [2.05, 4.69) is 15.1 Å². The molecule has 0 saturated carbocycles. The fraction of sp³-hybridized carbons (Fsp3) is 0.421. The van der Waals surface area contributed by atoms with Crippen molar-refractivity contribution in [1.82, 2.24) is 19.7 Å². The number of aromatic nitrogens is 4. The van der Waals surface area contributed by atoms with E-state index < -0.39 is 12.6 Å². The minimum atomic E-state index is -4.26. The van der Waals surface area contributed by atoms with E-state index in [4.69, 9.17) is 0 Å². The first-order valence-electron chi connectivity index (χ1n) is 8.91.